The molecule has 0 aromatic carbocycles. The van der Waals surface area contributed by atoms with Crippen LogP contribution >= 0.6 is 0 Å². The Morgan fingerprint density at radius 3 is 0.885 bits per heavy atom. The monoisotopic (exact) mass is 383 g/mol. The lowest BCUT2D eigenvalue weighted by Crippen LogP contribution is -2.32. The number of unbranched alkanes of at least 4 members (excludes halogenated alkanes) is 3. The van der Waals surface area contributed by atoms with E-state index >= 15 is 0 Å². The van der Waals surface area contributed by atoms with Crippen molar-refractivity contribution < 1.29 is 4.80 Å². The molecule has 2 heteroatoms. The number of rotatable bonds is 12. The van der Waals surface area contributed by atoms with Crippen LogP contribution in [-0.4, -0.2) is 8.32 Å². The highest BCUT2D eigenvalue weighted by atomic mass is 28.4. The van der Waals surface area contributed by atoms with Crippen LogP contribution in [0.5, 0.6) is 0 Å². The highest BCUT2D eigenvalue weighted by molar-refractivity contribution is 6.72. The van der Waals surface area contributed by atoms with Gasteiger partial charge in [-0.15, -0.1) is 0 Å². The van der Waals surface area contributed by atoms with Gasteiger partial charge in [-0.25, -0.2) is 0 Å². The van der Waals surface area contributed by atoms with Crippen LogP contribution in [0.15, 0.2) is 0 Å². The predicted molar refractivity (Wildman–Crippen MR) is 121 cm³/mol. The fraction of sp³-hybridized carbons (Fsp3) is 1.00. The molecule has 0 heterocycles. The van der Waals surface area contributed by atoms with Crippen molar-refractivity contribution in [3.05, 3.63) is 0 Å². The lowest BCUT2D eigenvalue weighted by atomic mass is 9.90. The smallest absolute Gasteiger partial charge is 0.237 e. The topological polar surface area (TPSA) is 19.9 Å². The van der Waals surface area contributed by atoms with Gasteiger partial charge in [-0.2, -0.15) is 0 Å². The summed E-state index contributed by atoms with van der Waals surface area (Å²) < 4.78 is 0. The first-order valence-corrected chi connectivity index (χ1v) is 13.9. The Kier molecular flexibility index (Phi) is 11.3. The average molecular weight is 384 g/mol. The number of hydrogen-bond donors (Lipinski definition) is 0. The molecule has 0 unspecified atom stereocenters. The van der Waals surface area contributed by atoms with Gasteiger partial charge >= 0.3 is 0 Å². The highest BCUT2D eigenvalue weighted by Gasteiger charge is 2.32. The van der Waals surface area contributed by atoms with Gasteiger partial charge < -0.3 is 0 Å². The van der Waals surface area contributed by atoms with Crippen molar-refractivity contribution in [1.82, 2.24) is 0 Å². The molecule has 1 radical (unpaired) electrons. The molecule has 0 fully saturated rings. The normalized spacial score (nSPS) is 14.1. The summed E-state index contributed by atoms with van der Waals surface area (Å²) in [6, 6.07) is 3.07. The maximum Gasteiger partial charge on any atom is 0.237 e. The summed E-state index contributed by atoms with van der Waals surface area (Å²) >= 11 is 0. The van der Waals surface area contributed by atoms with E-state index < -0.39 is 8.32 Å². The predicted octanol–water partition coefficient (Wildman–Crippen LogP) is 9.01. The van der Waals surface area contributed by atoms with Crippen molar-refractivity contribution in [2.24, 2.45) is 16.2 Å². The third kappa shape index (κ3) is 17.6. The molecule has 0 amide bonds. The zero-order chi connectivity index (χ0) is 20.5. The second kappa shape index (κ2) is 11.2. The minimum atomic E-state index is -2.29. The Labute approximate surface area is 167 Å². The van der Waals surface area contributed by atoms with E-state index in [-0.39, 0.29) is 0 Å². The first-order valence-electron chi connectivity index (χ1n) is 11.3. The Hall–Kier alpha value is 0.177. The third-order valence-corrected chi connectivity index (χ3v) is 9.22. The summed E-state index contributed by atoms with van der Waals surface area (Å²) in [7, 11) is -2.29. The van der Waals surface area contributed by atoms with Crippen LogP contribution in [0.1, 0.15) is 120 Å². The molecular formula is C24H51OSi. The summed E-state index contributed by atoms with van der Waals surface area (Å²) in [4.78, 5) is 13.6. The molecule has 0 rings (SSSR count). The molecule has 0 spiro atoms. The minimum absolute atomic E-state index is 0.409. The van der Waals surface area contributed by atoms with Crippen molar-refractivity contribution >= 4 is 8.32 Å². The van der Waals surface area contributed by atoms with Gasteiger partial charge in [0.2, 0.25) is 8.32 Å². The Morgan fingerprint density at radius 2 is 0.692 bits per heavy atom. The molecule has 0 aliphatic carbocycles. The number of hydrogen-bond acceptors (Lipinski definition) is 0. The molecule has 0 aromatic rings. The van der Waals surface area contributed by atoms with Crippen molar-refractivity contribution in [3.8, 4) is 0 Å². The maximum atomic E-state index is 13.6. The second-order valence-electron chi connectivity index (χ2n) is 12.5. The van der Waals surface area contributed by atoms with Crippen LogP contribution in [0.4, 0.5) is 0 Å². The molecule has 0 aromatic heterocycles. The maximum absolute atomic E-state index is 13.6. The molecule has 157 valence electrons. The van der Waals surface area contributed by atoms with Gasteiger partial charge in [-0.1, -0.05) is 101 Å². The van der Waals surface area contributed by atoms with Gasteiger partial charge in [-0.05, 0) is 53.6 Å². The van der Waals surface area contributed by atoms with Crippen LogP contribution in [0, 0.1) is 16.2 Å². The van der Waals surface area contributed by atoms with Gasteiger partial charge in [0.05, 0.1) is 0 Å². The lowest BCUT2D eigenvalue weighted by molar-refractivity contribution is 0.346. The minimum Gasteiger partial charge on any atom is -0.297 e. The Morgan fingerprint density at radius 1 is 0.462 bits per heavy atom. The molecule has 0 saturated heterocycles. The van der Waals surface area contributed by atoms with E-state index in [4.69, 9.17) is 0 Å². The van der Waals surface area contributed by atoms with Crippen LogP contribution in [0.2, 0.25) is 18.1 Å². The van der Waals surface area contributed by atoms with E-state index in [1.807, 2.05) is 0 Å². The van der Waals surface area contributed by atoms with Crippen LogP contribution in [-0.2, 0) is 4.80 Å². The van der Waals surface area contributed by atoms with E-state index in [9.17, 15) is 4.80 Å². The molecular weight excluding hydrogens is 332 g/mol. The van der Waals surface area contributed by atoms with Gasteiger partial charge in [0.25, 0.3) is 0 Å². The SMILES string of the molecule is CC(C)(C)CCCC[Si]([O])(CCCCC(C)(C)C)CCCCC(C)(C)C. The van der Waals surface area contributed by atoms with Crippen molar-refractivity contribution in [3.63, 3.8) is 0 Å². The summed E-state index contributed by atoms with van der Waals surface area (Å²) in [5.41, 5.74) is 1.23. The summed E-state index contributed by atoms with van der Waals surface area (Å²) in [5, 5.41) is 0. The van der Waals surface area contributed by atoms with Crippen LogP contribution < -0.4 is 0 Å². The van der Waals surface area contributed by atoms with Crippen LogP contribution in [0.25, 0.3) is 0 Å². The molecule has 0 atom stereocenters. The van der Waals surface area contributed by atoms with E-state index in [1.54, 1.807) is 0 Å². The Balaban J connectivity index is 4.40. The molecule has 0 bridgehead atoms. The third-order valence-electron chi connectivity index (χ3n) is 5.43. The quantitative estimate of drug-likeness (QED) is 0.236. The van der Waals surface area contributed by atoms with E-state index in [2.05, 4.69) is 62.3 Å². The Bertz CT molecular complexity index is 299. The van der Waals surface area contributed by atoms with Gasteiger partial charge in [0.15, 0.2) is 0 Å². The lowest BCUT2D eigenvalue weighted by Gasteiger charge is -2.26. The first kappa shape index (κ1) is 26.2. The summed E-state index contributed by atoms with van der Waals surface area (Å²) in [5.74, 6) is 0. The first-order chi connectivity index (χ1) is 11.6. The highest BCUT2D eigenvalue weighted by Crippen LogP contribution is 2.32. The fourth-order valence-electron chi connectivity index (χ4n) is 3.68. The van der Waals surface area contributed by atoms with Gasteiger partial charge in [0.1, 0.15) is 0 Å². The molecule has 0 aliphatic heterocycles. The van der Waals surface area contributed by atoms with Crippen molar-refractivity contribution in [2.45, 2.75) is 138 Å². The van der Waals surface area contributed by atoms with E-state index in [0.29, 0.717) is 16.2 Å². The van der Waals surface area contributed by atoms with Gasteiger partial charge in [-0.3, -0.25) is 4.80 Å². The summed E-state index contributed by atoms with van der Waals surface area (Å²) in [6.45, 7) is 20.8. The molecule has 26 heavy (non-hydrogen) atoms. The largest absolute Gasteiger partial charge is 0.297 e. The van der Waals surface area contributed by atoms with Crippen molar-refractivity contribution in [2.75, 3.05) is 0 Å². The fourth-order valence-corrected chi connectivity index (χ4v) is 7.12. The molecule has 0 N–H and O–H groups in total. The molecule has 1 nitrogen and oxygen atoms in total. The molecule has 0 aliphatic rings. The van der Waals surface area contributed by atoms with Crippen molar-refractivity contribution in [1.29, 1.82) is 0 Å². The van der Waals surface area contributed by atoms with Gasteiger partial charge in [0, 0.05) is 0 Å². The standard InChI is InChI=1S/C24H51OSi/c1-22(2,3)16-10-13-19-26(25,20-14-11-17-23(4,5)6)21-15-12-18-24(7,8)9/h10-21H2,1-9H3. The second-order valence-corrected chi connectivity index (χ2v) is 16.4. The average Bonchev–Trinajstić information content (AvgIpc) is 2.42. The zero-order valence-electron chi connectivity index (χ0n) is 19.9. The van der Waals surface area contributed by atoms with E-state index in [1.165, 1.54) is 57.8 Å². The van der Waals surface area contributed by atoms with E-state index in [0.717, 1.165) is 18.1 Å². The van der Waals surface area contributed by atoms with Crippen LogP contribution in [0.3, 0.4) is 0 Å². The summed E-state index contributed by atoms with van der Waals surface area (Å²) in [6.07, 6.45) is 11.0. The molecule has 0 saturated carbocycles. The zero-order valence-corrected chi connectivity index (χ0v) is 20.9.